The smallest absolute Gasteiger partial charge is 0.244 e. The first-order valence-electron chi connectivity index (χ1n) is 5.87. The van der Waals surface area contributed by atoms with E-state index in [2.05, 4.69) is 5.32 Å². The molecule has 0 saturated carbocycles. The molecule has 1 aromatic carbocycles. The molecule has 18 heavy (non-hydrogen) atoms. The van der Waals surface area contributed by atoms with Gasteiger partial charge in [-0.05, 0) is 6.07 Å². The van der Waals surface area contributed by atoms with Crippen LogP contribution in [-0.2, 0) is 10.0 Å². The van der Waals surface area contributed by atoms with E-state index in [-0.39, 0.29) is 0 Å². The van der Waals surface area contributed by atoms with Gasteiger partial charge in [-0.1, -0.05) is 18.2 Å². The Morgan fingerprint density at radius 3 is 2.67 bits per heavy atom. The molecule has 0 aliphatic carbocycles. The molecule has 1 aliphatic heterocycles. The second kappa shape index (κ2) is 4.62. The van der Waals surface area contributed by atoms with E-state index in [4.69, 9.17) is 0 Å². The molecule has 0 atom stereocenters. The first-order chi connectivity index (χ1) is 8.69. The maximum atomic E-state index is 12.6. The lowest BCUT2D eigenvalue weighted by atomic mass is 10.3. The molecule has 96 valence electrons. The number of nitrogens with one attached hydrogen (secondary N) is 1. The van der Waals surface area contributed by atoms with Crippen molar-refractivity contribution in [3.63, 3.8) is 0 Å². The molecule has 2 aromatic rings. The van der Waals surface area contributed by atoms with Gasteiger partial charge in [0.05, 0.1) is 0 Å². The average Bonchev–Trinajstić information content (AvgIpc) is 2.84. The molecular formula is C12H14N2O2S2. The minimum atomic E-state index is -3.34. The molecule has 4 nitrogen and oxygen atoms in total. The van der Waals surface area contributed by atoms with Crippen molar-refractivity contribution in [2.24, 2.45) is 0 Å². The Labute approximate surface area is 110 Å². The van der Waals surface area contributed by atoms with Gasteiger partial charge < -0.3 is 5.32 Å². The molecule has 0 amide bonds. The topological polar surface area (TPSA) is 49.4 Å². The summed E-state index contributed by atoms with van der Waals surface area (Å²) in [5.74, 6) is 0. The third kappa shape index (κ3) is 1.95. The van der Waals surface area contributed by atoms with Crippen LogP contribution in [0, 0.1) is 0 Å². The fourth-order valence-electron chi connectivity index (χ4n) is 2.18. The number of sulfonamides is 1. The first kappa shape index (κ1) is 12.1. The zero-order valence-corrected chi connectivity index (χ0v) is 11.4. The Morgan fingerprint density at radius 1 is 1.17 bits per heavy atom. The van der Waals surface area contributed by atoms with Crippen molar-refractivity contribution < 1.29 is 8.42 Å². The summed E-state index contributed by atoms with van der Waals surface area (Å²) in [7, 11) is -3.34. The molecule has 3 rings (SSSR count). The number of benzene rings is 1. The van der Waals surface area contributed by atoms with Crippen LogP contribution in [-0.4, -0.2) is 38.9 Å². The lowest BCUT2D eigenvalue weighted by Crippen LogP contribution is -2.46. The van der Waals surface area contributed by atoms with Gasteiger partial charge in [0.15, 0.2) is 0 Å². The van der Waals surface area contributed by atoms with Crippen LogP contribution in [0.2, 0.25) is 0 Å². The second-order valence-electron chi connectivity index (χ2n) is 4.25. The predicted octanol–water partition coefficient (Wildman–Crippen LogP) is 1.50. The van der Waals surface area contributed by atoms with Crippen molar-refractivity contribution in [3.8, 4) is 0 Å². The maximum Gasteiger partial charge on any atom is 0.244 e. The number of nitrogens with zero attached hydrogens (tertiary/aromatic N) is 1. The van der Waals surface area contributed by atoms with Crippen molar-refractivity contribution >= 4 is 31.4 Å². The maximum absolute atomic E-state index is 12.6. The van der Waals surface area contributed by atoms with E-state index < -0.39 is 10.0 Å². The molecule has 0 spiro atoms. The third-order valence-corrected chi connectivity index (χ3v) is 6.19. The Kier molecular flexibility index (Phi) is 3.11. The molecule has 1 N–H and O–H groups in total. The molecule has 0 unspecified atom stereocenters. The molecule has 1 aromatic heterocycles. The van der Waals surface area contributed by atoms with E-state index in [0.29, 0.717) is 18.0 Å². The summed E-state index contributed by atoms with van der Waals surface area (Å²) in [5, 5.41) is 5.75. The van der Waals surface area contributed by atoms with Gasteiger partial charge in [0.2, 0.25) is 10.0 Å². The van der Waals surface area contributed by atoms with Crippen LogP contribution < -0.4 is 5.32 Å². The number of rotatable bonds is 2. The molecule has 2 heterocycles. The van der Waals surface area contributed by atoms with E-state index in [1.165, 1.54) is 11.3 Å². The number of piperazine rings is 1. The summed E-state index contributed by atoms with van der Waals surface area (Å²) < 4.78 is 27.7. The van der Waals surface area contributed by atoms with Gasteiger partial charge >= 0.3 is 0 Å². The van der Waals surface area contributed by atoms with Crippen LogP contribution >= 0.6 is 11.3 Å². The minimum absolute atomic E-state index is 0.449. The van der Waals surface area contributed by atoms with Crippen LogP contribution in [0.5, 0.6) is 0 Å². The summed E-state index contributed by atoms with van der Waals surface area (Å²) in [5.41, 5.74) is 0. The van der Waals surface area contributed by atoms with Crippen molar-refractivity contribution in [2.45, 2.75) is 4.90 Å². The van der Waals surface area contributed by atoms with E-state index in [0.717, 1.165) is 23.2 Å². The Bertz CT molecular complexity index is 658. The molecular weight excluding hydrogens is 268 g/mol. The standard InChI is InChI=1S/C12H14N2O2S2/c15-18(16,14-7-5-13-6-8-14)12-9-17-11-4-2-1-3-10(11)12/h1-4,9,13H,5-8H2. The highest BCUT2D eigenvalue weighted by Crippen LogP contribution is 2.31. The van der Waals surface area contributed by atoms with Crippen LogP contribution in [0.4, 0.5) is 0 Å². The summed E-state index contributed by atoms with van der Waals surface area (Å²) in [6.07, 6.45) is 0. The van der Waals surface area contributed by atoms with Crippen LogP contribution in [0.3, 0.4) is 0 Å². The summed E-state index contributed by atoms with van der Waals surface area (Å²) >= 11 is 1.48. The molecule has 1 fully saturated rings. The second-order valence-corrected chi connectivity index (χ2v) is 7.07. The molecule has 1 aliphatic rings. The Morgan fingerprint density at radius 2 is 1.89 bits per heavy atom. The van der Waals surface area contributed by atoms with Gasteiger partial charge in [0.1, 0.15) is 4.90 Å². The van der Waals surface area contributed by atoms with Crippen molar-refractivity contribution in [2.75, 3.05) is 26.2 Å². The average molecular weight is 282 g/mol. The minimum Gasteiger partial charge on any atom is -0.314 e. The van der Waals surface area contributed by atoms with Gasteiger partial charge in [-0.3, -0.25) is 0 Å². The van der Waals surface area contributed by atoms with E-state index in [1.807, 2.05) is 24.3 Å². The van der Waals surface area contributed by atoms with Crippen LogP contribution in [0.25, 0.3) is 10.1 Å². The normalized spacial score (nSPS) is 18.2. The van der Waals surface area contributed by atoms with E-state index in [9.17, 15) is 8.42 Å². The van der Waals surface area contributed by atoms with Crippen molar-refractivity contribution in [1.29, 1.82) is 0 Å². The van der Waals surface area contributed by atoms with Gasteiger partial charge in [0.25, 0.3) is 0 Å². The van der Waals surface area contributed by atoms with Gasteiger partial charge in [-0.25, -0.2) is 8.42 Å². The molecule has 0 bridgehead atoms. The van der Waals surface area contributed by atoms with Gasteiger partial charge in [-0.2, -0.15) is 4.31 Å². The van der Waals surface area contributed by atoms with Gasteiger partial charge in [0, 0.05) is 41.6 Å². The van der Waals surface area contributed by atoms with E-state index in [1.54, 1.807) is 9.69 Å². The zero-order valence-electron chi connectivity index (χ0n) is 9.80. The summed E-state index contributed by atoms with van der Waals surface area (Å²) in [4.78, 5) is 0.449. The monoisotopic (exact) mass is 282 g/mol. The predicted molar refractivity (Wildman–Crippen MR) is 73.5 cm³/mol. The highest BCUT2D eigenvalue weighted by Gasteiger charge is 2.28. The molecule has 0 radical (unpaired) electrons. The van der Waals surface area contributed by atoms with Crippen LogP contribution in [0.1, 0.15) is 0 Å². The lowest BCUT2D eigenvalue weighted by Gasteiger charge is -2.26. The summed E-state index contributed by atoms with van der Waals surface area (Å²) in [6, 6.07) is 7.64. The fraction of sp³-hybridized carbons (Fsp3) is 0.333. The van der Waals surface area contributed by atoms with Crippen molar-refractivity contribution in [1.82, 2.24) is 9.62 Å². The fourth-order valence-corrected chi connectivity index (χ4v) is 5.09. The number of thiophene rings is 1. The SMILES string of the molecule is O=S(=O)(c1csc2ccccc12)N1CCNCC1. The summed E-state index contributed by atoms with van der Waals surface area (Å²) in [6.45, 7) is 2.54. The Balaban J connectivity index is 2.07. The largest absolute Gasteiger partial charge is 0.314 e. The number of hydrogen-bond donors (Lipinski definition) is 1. The number of hydrogen-bond acceptors (Lipinski definition) is 4. The van der Waals surface area contributed by atoms with Gasteiger partial charge in [-0.15, -0.1) is 11.3 Å². The zero-order chi connectivity index (χ0) is 12.6. The van der Waals surface area contributed by atoms with Crippen LogP contribution in [0.15, 0.2) is 34.5 Å². The van der Waals surface area contributed by atoms with E-state index >= 15 is 0 Å². The third-order valence-electron chi connectivity index (χ3n) is 3.14. The quantitative estimate of drug-likeness (QED) is 0.908. The highest BCUT2D eigenvalue weighted by molar-refractivity contribution is 7.89. The van der Waals surface area contributed by atoms with Crippen molar-refractivity contribution in [3.05, 3.63) is 29.6 Å². The first-order valence-corrected chi connectivity index (χ1v) is 8.19. The lowest BCUT2D eigenvalue weighted by molar-refractivity contribution is 0.360. The molecule has 6 heteroatoms. The Hall–Kier alpha value is -0.950. The number of fused-ring (bicyclic) bond motifs is 1. The highest BCUT2D eigenvalue weighted by atomic mass is 32.2. The molecule has 1 saturated heterocycles.